The highest BCUT2D eigenvalue weighted by molar-refractivity contribution is 7.45. The standard InChI is InChI=1S/C58H105N2O6P/c1-6-8-10-12-14-16-18-20-22-24-25-26-27-28-29-30-31-32-33-34-35-36-38-40-42-44-46-48-50-52-58(62)59-56(55-66-67(63,64)65-54-53-60(3,4)5)57(61)51-49-47-45-43-41-39-37-23-21-19-17-15-13-11-9-7-2/h8,10,14,16,20,22,25-26,28-29,31-32,34-35,56-57,61H,6-7,9,11-13,15,17-19,21,23-24,27,30,33,36-55H2,1-5H3,(H-,59,62,63,64)/b10-8-,16-14-,22-20-,26-25-,29-28-,32-31-,35-34-. The zero-order chi connectivity index (χ0) is 49.2. The highest BCUT2D eigenvalue weighted by Crippen LogP contribution is 2.38. The van der Waals surface area contributed by atoms with Crippen LogP contribution in [0.3, 0.4) is 0 Å². The third-order valence-corrected chi connectivity index (χ3v) is 12.9. The maximum absolute atomic E-state index is 13.0. The Morgan fingerprint density at radius 1 is 0.537 bits per heavy atom. The van der Waals surface area contributed by atoms with Crippen LogP contribution >= 0.6 is 7.82 Å². The van der Waals surface area contributed by atoms with Crippen molar-refractivity contribution in [2.24, 2.45) is 0 Å². The van der Waals surface area contributed by atoms with Gasteiger partial charge >= 0.3 is 0 Å². The fourth-order valence-electron chi connectivity index (χ4n) is 7.61. The molecule has 9 heteroatoms. The average Bonchev–Trinajstić information content (AvgIpc) is 3.29. The summed E-state index contributed by atoms with van der Waals surface area (Å²) < 4.78 is 23.4. The Bertz CT molecular complexity index is 1360. The third kappa shape index (κ3) is 51.4. The predicted octanol–water partition coefficient (Wildman–Crippen LogP) is 15.8. The van der Waals surface area contributed by atoms with E-state index in [1.54, 1.807) is 0 Å². The molecule has 0 spiro atoms. The summed E-state index contributed by atoms with van der Waals surface area (Å²) in [5.74, 6) is -0.179. The van der Waals surface area contributed by atoms with Gasteiger partial charge in [-0.25, -0.2) is 0 Å². The van der Waals surface area contributed by atoms with Crippen molar-refractivity contribution in [2.45, 2.75) is 238 Å². The predicted molar refractivity (Wildman–Crippen MR) is 288 cm³/mol. The van der Waals surface area contributed by atoms with Crippen molar-refractivity contribution in [3.8, 4) is 0 Å². The minimum atomic E-state index is -4.58. The molecule has 0 radical (unpaired) electrons. The summed E-state index contributed by atoms with van der Waals surface area (Å²) in [6, 6.07) is -0.812. The molecule has 67 heavy (non-hydrogen) atoms. The second-order valence-corrected chi connectivity index (χ2v) is 21.0. The summed E-state index contributed by atoms with van der Waals surface area (Å²) in [5, 5.41) is 14.0. The number of aliphatic hydroxyl groups excluding tert-OH is 1. The Hall–Kier alpha value is -2.32. The van der Waals surface area contributed by atoms with Crippen molar-refractivity contribution >= 4 is 13.7 Å². The highest BCUT2D eigenvalue weighted by Gasteiger charge is 2.24. The van der Waals surface area contributed by atoms with E-state index in [0.717, 1.165) is 96.3 Å². The highest BCUT2D eigenvalue weighted by atomic mass is 31.2. The van der Waals surface area contributed by atoms with Gasteiger partial charge in [0.1, 0.15) is 13.2 Å². The first-order chi connectivity index (χ1) is 32.5. The van der Waals surface area contributed by atoms with E-state index in [9.17, 15) is 19.4 Å². The lowest BCUT2D eigenvalue weighted by molar-refractivity contribution is -0.870. The number of allylic oxidation sites excluding steroid dienone is 14. The van der Waals surface area contributed by atoms with Crippen molar-refractivity contribution in [3.63, 3.8) is 0 Å². The lowest BCUT2D eigenvalue weighted by atomic mass is 10.0. The van der Waals surface area contributed by atoms with Crippen LogP contribution in [0.25, 0.3) is 0 Å². The minimum absolute atomic E-state index is 0.00578. The summed E-state index contributed by atoms with van der Waals surface area (Å²) in [5.41, 5.74) is 0. The van der Waals surface area contributed by atoms with Crippen LogP contribution < -0.4 is 10.2 Å². The van der Waals surface area contributed by atoms with Crippen LogP contribution in [-0.4, -0.2) is 68.5 Å². The van der Waals surface area contributed by atoms with E-state index in [2.05, 4.69) is 104 Å². The van der Waals surface area contributed by atoms with Gasteiger partial charge in [-0.1, -0.05) is 234 Å². The molecule has 0 heterocycles. The average molecular weight is 957 g/mol. The van der Waals surface area contributed by atoms with Gasteiger partial charge in [0, 0.05) is 6.42 Å². The van der Waals surface area contributed by atoms with Crippen LogP contribution in [-0.2, 0) is 18.4 Å². The molecule has 0 saturated heterocycles. The quantitative estimate of drug-likeness (QED) is 0.0272. The molecular weight excluding hydrogens is 852 g/mol. The molecule has 0 aliphatic heterocycles. The molecule has 0 bridgehead atoms. The Balaban J connectivity index is 4.24. The number of quaternary nitrogens is 1. The van der Waals surface area contributed by atoms with Gasteiger partial charge in [-0.15, -0.1) is 0 Å². The molecule has 2 N–H and O–H groups in total. The number of carbonyl (C=O) groups excluding carboxylic acids is 1. The second kappa shape index (κ2) is 48.7. The van der Waals surface area contributed by atoms with Crippen molar-refractivity contribution in [1.82, 2.24) is 5.32 Å². The smallest absolute Gasteiger partial charge is 0.268 e. The van der Waals surface area contributed by atoms with Gasteiger partial charge in [0.2, 0.25) is 5.91 Å². The number of rotatable bonds is 49. The van der Waals surface area contributed by atoms with E-state index in [4.69, 9.17) is 9.05 Å². The molecule has 0 aliphatic rings. The number of aliphatic hydroxyl groups is 1. The van der Waals surface area contributed by atoms with E-state index in [1.807, 2.05) is 21.1 Å². The number of hydrogen-bond acceptors (Lipinski definition) is 6. The van der Waals surface area contributed by atoms with Crippen molar-refractivity contribution in [1.29, 1.82) is 0 Å². The van der Waals surface area contributed by atoms with Crippen LogP contribution in [0.2, 0.25) is 0 Å². The summed E-state index contributed by atoms with van der Waals surface area (Å²) in [7, 11) is 1.29. The first-order valence-electron chi connectivity index (χ1n) is 27.4. The molecule has 0 aromatic rings. The zero-order valence-corrected chi connectivity index (χ0v) is 45.0. The molecule has 1 amide bonds. The lowest BCUT2D eigenvalue weighted by Crippen LogP contribution is -2.46. The topological polar surface area (TPSA) is 108 Å². The molecule has 8 nitrogen and oxygen atoms in total. The molecule has 0 fully saturated rings. The molecule has 0 aromatic heterocycles. The van der Waals surface area contributed by atoms with Crippen LogP contribution in [0.1, 0.15) is 226 Å². The number of phosphoric ester groups is 1. The van der Waals surface area contributed by atoms with Crippen LogP contribution in [0.5, 0.6) is 0 Å². The Kier molecular flexibility index (Phi) is 47.0. The van der Waals surface area contributed by atoms with E-state index >= 15 is 0 Å². The molecule has 0 rings (SSSR count). The van der Waals surface area contributed by atoms with Gasteiger partial charge in [0.05, 0.1) is 39.9 Å². The fourth-order valence-corrected chi connectivity index (χ4v) is 8.33. The molecular formula is C58H105N2O6P. The largest absolute Gasteiger partial charge is 0.756 e. The Morgan fingerprint density at radius 3 is 1.33 bits per heavy atom. The van der Waals surface area contributed by atoms with Gasteiger partial charge in [0.25, 0.3) is 7.82 Å². The van der Waals surface area contributed by atoms with Crippen molar-refractivity contribution in [2.75, 3.05) is 40.9 Å². The molecule has 0 aliphatic carbocycles. The monoisotopic (exact) mass is 957 g/mol. The maximum Gasteiger partial charge on any atom is 0.268 e. The van der Waals surface area contributed by atoms with Gasteiger partial charge in [-0.3, -0.25) is 9.36 Å². The number of likely N-dealkylation sites (N-methyl/N-ethyl adjacent to an activating group) is 1. The first kappa shape index (κ1) is 64.7. The number of phosphoric acid groups is 1. The minimum Gasteiger partial charge on any atom is -0.756 e. The van der Waals surface area contributed by atoms with Crippen LogP contribution in [0.4, 0.5) is 0 Å². The lowest BCUT2D eigenvalue weighted by Gasteiger charge is -2.30. The summed E-state index contributed by atoms with van der Waals surface area (Å²) in [6.07, 6.45) is 67.4. The zero-order valence-electron chi connectivity index (χ0n) is 44.1. The van der Waals surface area contributed by atoms with E-state index in [-0.39, 0.29) is 19.1 Å². The normalized spacial score (nSPS) is 14.7. The molecule has 0 saturated carbocycles. The Morgan fingerprint density at radius 2 is 0.910 bits per heavy atom. The van der Waals surface area contributed by atoms with Gasteiger partial charge in [0.15, 0.2) is 0 Å². The summed E-state index contributed by atoms with van der Waals surface area (Å²) in [4.78, 5) is 25.5. The van der Waals surface area contributed by atoms with E-state index in [1.165, 1.54) is 103 Å². The Labute approximate surface area is 414 Å². The van der Waals surface area contributed by atoms with E-state index < -0.39 is 20.0 Å². The number of nitrogens with zero attached hydrogens (tertiary/aromatic N) is 1. The van der Waals surface area contributed by atoms with Gasteiger partial charge < -0.3 is 28.8 Å². The van der Waals surface area contributed by atoms with Crippen LogP contribution in [0.15, 0.2) is 85.1 Å². The first-order valence-corrected chi connectivity index (χ1v) is 28.9. The number of carbonyl (C=O) groups is 1. The molecule has 388 valence electrons. The van der Waals surface area contributed by atoms with Crippen molar-refractivity contribution in [3.05, 3.63) is 85.1 Å². The van der Waals surface area contributed by atoms with Crippen LogP contribution in [0, 0.1) is 0 Å². The van der Waals surface area contributed by atoms with Gasteiger partial charge in [-0.05, 0) is 70.6 Å². The molecule has 0 aromatic carbocycles. The van der Waals surface area contributed by atoms with Gasteiger partial charge in [-0.2, -0.15) is 0 Å². The fraction of sp³-hybridized carbons (Fsp3) is 0.741. The number of unbranched alkanes of at least 4 members (excludes halogenated alkanes) is 22. The second-order valence-electron chi connectivity index (χ2n) is 19.6. The maximum atomic E-state index is 13.0. The third-order valence-electron chi connectivity index (χ3n) is 11.9. The summed E-state index contributed by atoms with van der Waals surface area (Å²) >= 11 is 0. The number of hydrogen-bond donors (Lipinski definition) is 2. The van der Waals surface area contributed by atoms with E-state index in [0.29, 0.717) is 23.9 Å². The molecule has 3 atom stereocenters. The molecule has 3 unspecified atom stereocenters. The number of amides is 1. The SMILES string of the molecule is CC/C=C\C/C=C\C/C=C\C/C=C\C/C=C\C/C=C\C/C=C\CCCCCCCCCC(=O)NC(COP(=O)([O-])OCC[N+](C)(C)C)C(O)CCCCCCCCCCCCCCCCCC. The summed E-state index contributed by atoms with van der Waals surface area (Å²) in [6.45, 7) is 4.60. The van der Waals surface area contributed by atoms with Crippen molar-refractivity contribution < 1.29 is 32.9 Å². The number of nitrogens with one attached hydrogen (secondary N) is 1.